The van der Waals surface area contributed by atoms with Crippen LogP contribution in [-0.4, -0.2) is 48.1 Å². The molecular formula is C15H28N6. The van der Waals surface area contributed by atoms with Crippen LogP contribution in [0.15, 0.2) is 6.07 Å². The highest BCUT2D eigenvalue weighted by atomic mass is 15.1. The van der Waals surface area contributed by atoms with Crippen LogP contribution in [0, 0.1) is 5.41 Å². The van der Waals surface area contributed by atoms with Gasteiger partial charge in [0.25, 0.3) is 0 Å². The smallest absolute Gasteiger partial charge is 0.223 e. The third kappa shape index (κ3) is 4.74. The van der Waals surface area contributed by atoms with Gasteiger partial charge < -0.3 is 21.3 Å². The minimum atomic E-state index is 0.312. The fourth-order valence-corrected chi connectivity index (χ4v) is 2.54. The van der Waals surface area contributed by atoms with E-state index in [1.165, 1.54) is 12.8 Å². The summed E-state index contributed by atoms with van der Waals surface area (Å²) in [7, 11) is 2.18. The summed E-state index contributed by atoms with van der Waals surface area (Å²) in [6, 6.07) is 1.93. The van der Waals surface area contributed by atoms with E-state index in [2.05, 4.69) is 46.4 Å². The minimum Gasteiger partial charge on any atom is -0.370 e. The lowest BCUT2D eigenvalue weighted by molar-refractivity contribution is 0.150. The Labute approximate surface area is 127 Å². The van der Waals surface area contributed by atoms with Crippen molar-refractivity contribution in [1.29, 1.82) is 0 Å². The van der Waals surface area contributed by atoms with Crippen LogP contribution in [0.1, 0.15) is 33.1 Å². The standard InChI is InChI=1S/C15H28N6/c1-4-7-17-12-10-13(20-14(16)19-12)18-11-15(2)5-8-21(3)9-6-15/h10H,4-9,11H2,1-3H3,(H4,16,17,18,19,20). The summed E-state index contributed by atoms with van der Waals surface area (Å²) in [6.45, 7) is 8.59. The Morgan fingerprint density at radius 1 is 1.24 bits per heavy atom. The van der Waals surface area contributed by atoms with Crippen molar-refractivity contribution in [2.45, 2.75) is 33.1 Å². The minimum absolute atomic E-state index is 0.312. The number of anilines is 3. The molecule has 0 aliphatic carbocycles. The Kier molecular flexibility index (Phi) is 5.22. The van der Waals surface area contributed by atoms with Gasteiger partial charge in [0.2, 0.25) is 5.95 Å². The van der Waals surface area contributed by atoms with Gasteiger partial charge in [0.1, 0.15) is 11.6 Å². The van der Waals surface area contributed by atoms with E-state index in [0.717, 1.165) is 44.2 Å². The number of aromatic nitrogens is 2. The van der Waals surface area contributed by atoms with E-state index < -0.39 is 0 Å². The molecule has 21 heavy (non-hydrogen) atoms. The Bertz CT molecular complexity index is 453. The average molecular weight is 292 g/mol. The van der Waals surface area contributed by atoms with Crippen molar-refractivity contribution < 1.29 is 0 Å². The third-order valence-electron chi connectivity index (χ3n) is 4.19. The summed E-state index contributed by atoms with van der Waals surface area (Å²) < 4.78 is 0. The first-order valence-corrected chi connectivity index (χ1v) is 7.81. The van der Waals surface area contributed by atoms with Crippen LogP contribution in [0.5, 0.6) is 0 Å². The first-order chi connectivity index (χ1) is 10.0. The van der Waals surface area contributed by atoms with Gasteiger partial charge >= 0.3 is 0 Å². The molecule has 0 spiro atoms. The maximum absolute atomic E-state index is 5.78. The summed E-state index contributed by atoms with van der Waals surface area (Å²) in [5.74, 6) is 1.91. The first-order valence-electron chi connectivity index (χ1n) is 7.81. The molecule has 2 heterocycles. The Morgan fingerprint density at radius 2 is 1.86 bits per heavy atom. The van der Waals surface area contributed by atoms with E-state index in [4.69, 9.17) is 5.73 Å². The maximum atomic E-state index is 5.78. The fourth-order valence-electron chi connectivity index (χ4n) is 2.54. The molecule has 0 amide bonds. The van der Waals surface area contributed by atoms with Crippen LogP contribution < -0.4 is 16.4 Å². The molecule has 2 rings (SSSR count). The molecule has 1 aliphatic heterocycles. The molecule has 1 saturated heterocycles. The van der Waals surface area contributed by atoms with E-state index in [0.29, 0.717) is 11.4 Å². The number of rotatable bonds is 6. The Morgan fingerprint density at radius 3 is 2.48 bits per heavy atom. The van der Waals surface area contributed by atoms with Crippen molar-refractivity contribution >= 4 is 17.6 Å². The molecule has 6 nitrogen and oxygen atoms in total. The number of nitrogen functional groups attached to an aromatic ring is 1. The van der Waals surface area contributed by atoms with Gasteiger partial charge in [-0.1, -0.05) is 13.8 Å². The average Bonchev–Trinajstić information content (AvgIpc) is 2.46. The van der Waals surface area contributed by atoms with E-state index >= 15 is 0 Å². The van der Waals surface area contributed by atoms with Crippen molar-refractivity contribution in [3.63, 3.8) is 0 Å². The van der Waals surface area contributed by atoms with E-state index in [1.807, 2.05) is 6.07 Å². The lowest BCUT2D eigenvalue weighted by Gasteiger charge is -2.38. The molecule has 1 aromatic rings. The number of hydrogen-bond donors (Lipinski definition) is 3. The van der Waals surface area contributed by atoms with Gasteiger partial charge in [-0.25, -0.2) is 0 Å². The SMILES string of the molecule is CCCNc1cc(NCC2(C)CCN(C)CC2)nc(N)n1. The number of nitrogens with two attached hydrogens (primary N) is 1. The lowest BCUT2D eigenvalue weighted by atomic mass is 9.80. The highest BCUT2D eigenvalue weighted by Crippen LogP contribution is 2.30. The fraction of sp³-hybridized carbons (Fsp3) is 0.733. The van der Waals surface area contributed by atoms with Crippen LogP contribution in [0.3, 0.4) is 0 Å². The zero-order chi connectivity index (χ0) is 15.3. The van der Waals surface area contributed by atoms with Crippen LogP contribution >= 0.6 is 0 Å². The molecule has 1 fully saturated rings. The zero-order valence-electron chi connectivity index (χ0n) is 13.4. The quantitative estimate of drug-likeness (QED) is 0.744. The molecule has 1 aromatic heterocycles. The van der Waals surface area contributed by atoms with Crippen molar-refractivity contribution in [1.82, 2.24) is 14.9 Å². The summed E-state index contributed by atoms with van der Waals surface area (Å²) in [5, 5.41) is 6.69. The first kappa shape index (κ1) is 15.8. The molecule has 0 atom stereocenters. The van der Waals surface area contributed by atoms with Crippen molar-refractivity contribution in [2.75, 3.05) is 49.6 Å². The van der Waals surface area contributed by atoms with Gasteiger partial charge in [-0.15, -0.1) is 0 Å². The molecule has 4 N–H and O–H groups in total. The largest absolute Gasteiger partial charge is 0.370 e. The molecule has 118 valence electrons. The van der Waals surface area contributed by atoms with Crippen molar-refractivity contribution in [2.24, 2.45) is 5.41 Å². The molecule has 6 heteroatoms. The highest BCUT2D eigenvalue weighted by molar-refractivity contribution is 5.51. The molecule has 0 radical (unpaired) electrons. The second-order valence-electron chi connectivity index (χ2n) is 6.39. The summed E-state index contributed by atoms with van der Waals surface area (Å²) >= 11 is 0. The summed E-state index contributed by atoms with van der Waals surface area (Å²) in [5.41, 5.74) is 6.10. The van der Waals surface area contributed by atoms with Gasteiger partial charge in [0, 0.05) is 19.2 Å². The van der Waals surface area contributed by atoms with Gasteiger partial charge in [-0.2, -0.15) is 9.97 Å². The molecule has 0 bridgehead atoms. The Hall–Kier alpha value is -1.56. The van der Waals surface area contributed by atoms with Gasteiger partial charge in [-0.3, -0.25) is 0 Å². The van der Waals surface area contributed by atoms with E-state index in [-0.39, 0.29) is 0 Å². The molecule has 1 aliphatic rings. The van der Waals surface area contributed by atoms with Crippen molar-refractivity contribution in [3.8, 4) is 0 Å². The number of piperidine rings is 1. The van der Waals surface area contributed by atoms with Gasteiger partial charge in [0.15, 0.2) is 0 Å². The number of nitrogens with zero attached hydrogens (tertiary/aromatic N) is 3. The van der Waals surface area contributed by atoms with E-state index in [9.17, 15) is 0 Å². The van der Waals surface area contributed by atoms with Crippen LogP contribution in [0.4, 0.5) is 17.6 Å². The van der Waals surface area contributed by atoms with Crippen LogP contribution in [0.2, 0.25) is 0 Å². The monoisotopic (exact) mass is 292 g/mol. The summed E-state index contributed by atoms with van der Waals surface area (Å²) in [6.07, 6.45) is 3.47. The Balaban J connectivity index is 1.94. The van der Waals surface area contributed by atoms with Crippen molar-refractivity contribution in [3.05, 3.63) is 6.07 Å². The second kappa shape index (κ2) is 6.93. The number of likely N-dealkylation sites (tertiary alicyclic amines) is 1. The van der Waals surface area contributed by atoms with Crippen LogP contribution in [0.25, 0.3) is 0 Å². The molecule has 0 unspecified atom stereocenters. The number of hydrogen-bond acceptors (Lipinski definition) is 6. The van der Waals surface area contributed by atoms with E-state index in [1.54, 1.807) is 0 Å². The second-order valence-corrected chi connectivity index (χ2v) is 6.39. The lowest BCUT2D eigenvalue weighted by Crippen LogP contribution is -2.40. The van der Waals surface area contributed by atoms with Gasteiger partial charge in [-0.05, 0) is 44.8 Å². The topological polar surface area (TPSA) is 79.1 Å². The predicted octanol–water partition coefficient (Wildman–Crippen LogP) is 2.02. The van der Waals surface area contributed by atoms with Crippen LogP contribution in [-0.2, 0) is 0 Å². The molecule has 0 saturated carbocycles. The number of nitrogens with one attached hydrogen (secondary N) is 2. The predicted molar refractivity (Wildman–Crippen MR) is 88.6 cm³/mol. The zero-order valence-corrected chi connectivity index (χ0v) is 13.4. The molecular weight excluding hydrogens is 264 g/mol. The maximum Gasteiger partial charge on any atom is 0.223 e. The third-order valence-corrected chi connectivity index (χ3v) is 4.19. The molecule has 0 aromatic carbocycles. The normalized spacial score (nSPS) is 18.4. The highest BCUT2D eigenvalue weighted by Gasteiger charge is 2.28. The summed E-state index contributed by atoms with van der Waals surface area (Å²) in [4.78, 5) is 10.9. The van der Waals surface area contributed by atoms with Gasteiger partial charge in [0.05, 0.1) is 0 Å².